The van der Waals surface area contributed by atoms with Gasteiger partial charge in [-0.1, -0.05) is 64.3 Å². The SMILES string of the molecule is CCCCB(CCCC)N(c1ccccn1)c1ccccn1. The van der Waals surface area contributed by atoms with Crippen LogP contribution in [0.15, 0.2) is 48.8 Å². The van der Waals surface area contributed by atoms with Gasteiger partial charge in [-0.15, -0.1) is 0 Å². The quantitative estimate of drug-likeness (QED) is 0.595. The first-order chi connectivity index (χ1) is 10.9. The zero-order chi connectivity index (χ0) is 15.6. The van der Waals surface area contributed by atoms with E-state index < -0.39 is 0 Å². The highest BCUT2D eigenvalue weighted by molar-refractivity contribution is 6.64. The van der Waals surface area contributed by atoms with E-state index >= 15 is 0 Å². The smallest absolute Gasteiger partial charge is 0.264 e. The van der Waals surface area contributed by atoms with Crippen LogP contribution in [0.4, 0.5) is 11.6 Å². The molecule has 0 amide bonds. The van der Waals surface area contributed by atoms with Crippen LogP contribution in [0.3, 0.4) is 0 Å². The standard InChI is InChI=1S/C18H26BN3/c1-3-5-13-19(14-6-4-2)22(17-11-7-9-15-20-17)18-12-8-10-16-21-18/h7-12,15-16H,3-6,13-14H2,1-2H3. The summed E-state index contributed by atoms with van der Waals surface area (Å²) in [6, 6.07) is 12.2. The van der Waals surface area contributed by atoms with Crippen LogP contribution in [0.5, 0.6) is 0 Å². The highest BCUT2D eigenvalue weighted by atomic mass is 15.2. The number of hydrogen-bond acceptors (Lipinski definition) is 3. The molecule has 0 unspecified atom stereocenters. The normalized spacial score (nSPS) is 10.5. The average molecular weight is 295 g/mol. The highest BCUT2D eigenvalue weighted by Crippen LogP contribution is 2.27. The van der Waals surface area contributed by atoms with Crippen molar-refractivity contribution in [3.05, 3.63) is 48.8 Å². The van der Waals surface area contributed by atoms with Crippen LogP contribution in [0.1, 0.15) is 39.5 Å². The molecule has 2 aromatic rings. The van der Waals surface area contributed by atoms with Crippen molar-refractivity contribution in [1.29, 1.82) is 0 Å². The number of aromatic nitrogens is 2. The number of nitrogens with zero attached hydrogens (tertiary/aromatic N) is 3. The molecule has 0 spiro atoms. The number of unbranched alkanes of at least 4 members (excludes halogenated alkanes) is 2. The summed E-state index contributed by atoms with van der Waals surface area (Å²) in [5, 5.41) is 0. The monoisotopic (exact) mass is 295 g/mol. The molecule has 0 aromatic carbocycles. The van der Waals surface area contributed by atoms with E-state index in [0.717, 1.165) is 11.6 Å². The minimum Gasteiger partial charge on any atom is -0.357 e. The van der Waals surface area contributed by atoms with Crippen LogP contribution in [-0.2, 0) is 0 Å². The van der Waals surface area contributed by atoms with E-state index in [1.54, 1.807) is 0 Å². The maximum Gasteiger partial charge on any atom is 0.264 e. The van der Waals surface area contributed by atoms with E-state index in [2.05, 4.69) is 52.9 Å². The van der Waals surface area contributed by atoms with Crippen LogP contribution in [0.2, 0.25) is 12.6 Å². The van der Waals surface area contributed by atoms with Gasteiger partial charge in [0.05, 0.1) is 0 Å². The maximum absolute atomic E-state index is 4.58. The zero-order valence-electron chi connectivity index (χ0n) is 13.8. The molecule has 0 N–H and O–H groups in total. The molecule has 0 saturated heterocycles. The Hall–Kier alpha value is -1.84. The van der Waals surface area contributed by atoms with Gasteiger partial charge in [0, 0.05) is 12.4 Å². The average Bonchev–Trinajstić information content (AvgIpc) is 2.59. The van der Waals surface area contributed by atoms with Crippen LogP contribution in [-0.4, -0.2) is 16.8 Å². The van der Waals surface area contributed by atoms with E-state index in [4.69, 9.17) is 0 Å². The van der Waals surface area contributed by atoms with Crippen molar-refractivity contribution >= 4 is 18.5 Å². The maximum atomic E-state index is 4.58. The molecular formula is C18H26BN3. The Balaban J connectivity index is 2.32. The summed E-state index contributed by atoms with van der Waals surface area (Å²) in [6.45, 7) is 4.97. The number of rotatable bonds is 9. The second-order valence-corrected chi connectivity index (χ2v) is 5.68. The molecular weight excluding hydrogens is 269 g/mol. The Bertz CT molecular complexity index is 471. The minimum atomic E-state index is 0.463. The molecule has 0 bridgehead atoms. The van der Waals surface area contributed by atoms with E-state index in [0.29, 0.717) is 6.85 Å². The third kappa shape index (κ3) is 4.59. The molecule has 116 valence electrons. The second-order valence-electron chi connectivity index (χ2n) is 5.68. The lowest BCUT2D eigenvalue weighted by Gasteiger charge is -2.30. The molecule has 0 radical (unpaired) electrons. The van der Waals surface area contributed by atoms with Gasteiger partial charge in [0.15, 0.2) is 0 Å². The predicted molar refractivity (Wildman–Crippen MR) is 95.8 cm³/mol. The lowest BCUT2D eigenvalue weighted by molar-refractivity contribution is 0.835. The minimum absolute atomic E-state index is 0.463. The molecule has 4 heteroatoms. The molecule has 3 nitrogen and oxygen atoms in total. The van der Waals surface area contributed by atoms with Crippen molar-refractivity contribution in [1.82, 2.24) is 9.97 Å². The molecule has 22 heavy (non-hydrogen) atoms. The van der Waals surface area contributed by atoms with Crippen LogP contribution >= 0.6 is 0 Å². The van der Waals surface area contributed by atoms with Gasteiger partial charge in [-0.25, -0.2) is 9.97 Å². The van der Waals surface area contributed by atoms with Crippen LogP contribution < -0.4 is 4.81 Å². The van der Waals surface area contributed by atoms with Crippen molar-refractivity contribution in [3.63, 3.8) is 0 Å². The van der Waals surface area contributed by atoms with Crippen LogP contribution in [0.25, 0.3) is 0 Å². The van der Waals surface area contributed by atoms with Gasteiger partial charge in [0.2, 0.25) is 0 Å². The summed E-state index contributed by atoms with van der Waals surface area (Å²) >= 11 is 0. The highest BCUT2D eigenvalue weighted by Gasteiger charge is 2.25. The Morgan fingerprint density at radius 1 is 0.818 bits per heavy atom. The summed E-state index contributed by atoms with van der Waals surface area (Å²) in [7, 11) is 0. The van der Waals surface area contributed by atoms with E-state index in [-0.39, 0.29) is 0 Å². The summed E-state index contributed by atoms with van der Waals surface area (Å²) in [4.78, 5) is 11.5. The first-order valence-corrected chi connectivity index (χ1v) is 8.48. The Kier molecular flexibility index (Phi) is 6.94. The van der Waals surface area contributed by atoms with Gasteiger partial charge < -0.3 is 4.81 Å². The van der Waals surface area contributed by atoms with Gasteiger partial charge in [0.1, 0.15) is 11.6 Å². The number of anilines is 2. The third-order valence-corrected chi connectivity index (χ3v) is 3.94. The number of hydrogen-bond donors (Lipinski definition) is 0. The molecule has 0 aliphatic rings. The Morgan fingerprint density at radius 2 is 1.32 bits per heavy atom. The fraction of sp³-hybridized carbons (Fsp3) is 0.444. The van der Waals surface area contributed by atoms with Gasteiger partial charge in [0.25, 0.3) is 6.85 Å². The largest absolute Gasteiger partial charge is 0.357 e. The number of pyridine rings is 2. The molecule has 2 rings (SSSR count). The molecule has 0 aliphatic heterocycles. The van der Waals surface area contributed by atoms with Crippen molar-refractivity contribution in [2.24, 2.45) is 0 Å². The summed E-state index contributed by atoms with van der Waals surface area (Å²) in [5.41, 5.74) is 0. The first kappa shape index (κ1) is 16.5. The van der Waals surface area contributed by atoms with Crippen molar-refractivity contribution in [2.75, 3.05) is 4.81 Å². The molecule has 0 aliphatic carbocycles. The van der Waals surface area contributed by atoms with E-state index in [1.165, 1.54) is 38.3 Å². The fourth-order valence-corrected chi connectivity index (χ4v) is 2.77. The summed E-state index contributed by atoms with van der Waals surface area (Å²) < 4.78 is 0. The third-order valence-electron chi connectivity index (χ3n) is 3.94. The Labute approximate surface area is 134 Å². The van der Waals surface area contributed by atoms with Crippen molar-refractivity contribution in [2.45, 2.75) is 52.2 Å². The molecule has 2 heterocycles. The second kappa shape index (κ2) is 9.24. The topological polar surface area (TPSA) is 29.0 Å². The lowest BCUT2D eigenvalue weighted by Crippen LogP contribution is -2.36. The predicted octanol–water partition coefficient (Wildman–Crippen LogP) is 5.21. The molecule has 0 fully saturated rings. The summed E-state index contributed by atoms with van der Waals surface area (Å²) in [5.74, 6) is 2.00. The lowest BCUT2D eigenvalue weighted by atomic mass is 9.52. The fourth-order valence-electron chi connectivity index (χ4n) is 2.77. The Morgan fingerprint density at radius 3 is 1.68 bits per heavy atom. The van der Waals surface area contributed by atoms with E-state index in [1.807, 2.05) is 24.5 Å². The molecule has 2 aromatic heterocycles. The van der Waals surface area contributed by atoms with Gasteiger partial charge >= 0.3 is 0 Å². The van der Waals surface area contributed by atoms with Gasteiger partial charge in [-0.3, -0.25) is 0 Å². The van der Waals surface area contributed by atoms with Crippen LogP contribution in [0, 0.1) is 0 Å². The van der Waals surface area contributed by atoms with Crippen molar-refractivity contribution in [3.8, 4) is 0 Å². The van der Waals surface area contributed by atoms with E-state index in [9.17, 15) is 0 Å². The van der Waals surface area contributed by atoms with Crippen molar-refractivity contribution < 1.29 is 0 Å². The zero-order valence-corrected chi connectivity index (χ0v) is 13.8. The summed E-state index contributed by atoms with van der Waals surface area (Å²) in [6.07, 6.45) is 11.0. The molecule has 0 atom stereocenters. The molecule has 0 saturated carbocycles. The first-order valence-electron chi connectivity index (χ1n) is 8.48. The van der Waals surface area contributed by atoms with Gasteiger partial charge in [-0.05, 0) is 24.3 Å². The van der Waals surface area contributed by atoms with Gasteiger partial charge in [-0.2, -0.15) is 0 Å².